The molecule has 104 valence electrons. The monoisotopic (exact) mass is 306 g/mol. The Morgan fingerprint density at radius 2 is 1.65 bits per heavy atom. The average Bonchev–Trinajstić information content (AvgIpc) is 2.42. The van der Waals surface area contributed by atoms with Gasteiger partial charge in [-0.15, -0.1) is 0 Å². The Morgan fingerprint density at radius 1 is 1.00 bits per heavy atom. The molecule has 2 aromatic rings. The zero-order chi connectivity index (χ0) is 14.5. The van der Waals surface area contributed by atoms with E-state index >= 15 is 0 Å². The van der Waals surface area contributed by atoms with Gasteiger partial charge in [0.1, 0.15) is 5.78 Å². The summed E-state index contributed by atoms with van der Waals surface area (Å²) in [7, 11) is 0. The van der Waals surface area contributed by atoms with Gasteiger partial charge in [-0.3, -0.25) is 4.79 Å². The van der Waals surface area contributed by atoms with E-state index in [1.54, 1.807) is 18.2 Å². The van der Waals surface area contributed by atoms with Crippen molar-refractivity contribution in [2.24, 2.45) is 0 Å². The highest BCUT2D eigenvalue weighted by atomic mass is 35.5. The summed E-state index contributed by atoms with van der Waals surface area (Å²) in [6.07, 6.45) is 1.56. The van der Waals surface area contributed by atoms with E-state index in [1.807, 2.05) is 12.1 Å². The van der Waals surface area contributed by atoms with Crippen molar-refractivity contribution in [1.29, 1.82) is 0 Å². The lowest BCUT2D eigenvalue weighted by Crippen LogP contribution is -2.06. The first-order valence-electron chi connectivity index (χ1n) is 6.57. The molecular weight excluding hydrogens is 291 g/mol. The largest absolute Gasteiger partial charge is 0.299 e. The maximum Gasteiger partial charge on any atom is 0.137 e. The van der Waals surface area contributed by atoms with Crippen molar-refractivity contribution in [3.63, 3.8) is 0 Å². The quantitative estimate of drug-likeness (QED) is 0.755. The van der Waals surface area contributed by atoms with Crippen molar-refractivity contribution < 1.29 is 4.79 Å². The second-order valence-electron chi connectivity index (χ2n) is 4.84. The third-order valence-corrected chi connectivity index (χ3v) is 4.08. The highest BCUT2D eigenvalue weighted by Gasteiger charge is 2.11. The molecule has 20 heavy (non-hydrogen) atoms. The van der Waals surface area contributed by atoms with Gasteiger partial charge >= 0.3 is 0 Å². The third-order valence-electron chi connectivity index (χ3n) is 3.37. The highest BCUT2D eigenvalue weighted by molar-refractivity contribution is 6.36. The van der Waals surface area contributed by atoms with Crippen LogP contribution >= 0.6 is 23.2 Å². The molecule has 0 heterocycles. The standard InChI is InChI=1S/C17H16Cl2O/c1-12-5-2-3-6-13(12)9-10-14(20)11-15-16(18)7-4-8-17(15)19/h2-8H,9-11H2,1H3. The van der Waals surface area contributed by atoms with Gasteiger partial charge in [0, 0.05) is 22.9 Å². The van der Waals surface area contributed by atoms with Crippen molar-refractivity contribution in [3.8, 4) is 0 Å². The maximum atomic E-state index is 12.1. The number of carbonyl (C=O) groups excluding carboxylic acids is 1. The lowest BCUT2D eigenvalue weighted by atomic mass is 10.00. The minimum absolute atomic E-state index is 0.156. The van der Waals surface area contributed by atoms with E-state index < -0.39 is 0 Å². The molecule has 0 bridgehead atoms. The second kappa shape index (κ2) is 6.92. The van der Waals surface area contributed by atoms with E-state index in [0.29, 0.717) is 22.9 Å². The first-order valence-corrected chi connectivity index (χ1v) is 7.32. The molecule has 0 aromatic heterocycles. The van der Waals surface area contributed by atoms with Crippen LogP contribution in [0.15, 0.2) is 42.5 Å². The topological polar surface area (TPSA) is 17.1 Å². The van der Waals surface area contributed by atoms with Crippen molar-refractivity contribution in [3.05, 3.63) is 69.2 Å². The van der Waals surface area contributed by atoms with Crippen LogP contribution in [0.1, 0.15) is 23.1 Å². The molecule has 0 spiro atoms. The maximum absolute atomic E-state index is 12.1. The van der Waals surface area contributed by atoms with Crippen LogP contribution in [-0.4, -0.2) is 5.78 Å². The minimum Gasteiger partial charge on any atom is -0.299 e. The van der Waals surface area contributed by atoms with Gasteiger partial charge in [0.15, 0.2) is 0 Å². The summed E-state index contributed by atoms with van der Waals surface area (Å²) < 4.78 is 0. The molecule has 0 unspecified atom stereocenters. The minimum atomic E-state index is 0.156. The van der Waals surface area contributed by atoms with Crippen LogP contribution in [-0.2, 0) is 17.6 Å². The Hall–Kier alpha value is -1.31. The van der Waals surface area contributed by atoms with Crippen molar-refractivity contribution >= 4 is 29.0 Å². The van der Waals surface area contributed by atoms with Gasteiger partial charge in [-0.25, -0.2) is 0 Å². The number of hydrogen-bond donors (Lipinski definition) is 0. The summed E-state index contributed by atoms with van der Waals surface area (Å²) in [5, 5.41) is 1.11. The van der Waals surface area contributed by atoms with E-state index in [9.17, 15) is 4.79 Å². The van der Waals surface area contributed by atoms with Gasteiger partial charge in [0.25, 0.3) is 0 Å². The van der Waals surface area contributed by atoms with Gasteiger partial charge in [-0.2, -0.15) is 0 Å². The molecule has 1 nitrogen and oxygen atoms in total. The molecule has 0 aliphatic rings. The predicted molar refractivity (Wildman–Crippen MR) is 84.7 cm³/mol. The number of carbonyl (C=O) groups is 1. The molecule has 0 fully saturated rings. The summed E-state index contributed by atoms with van der Waals surface area (Å²) in [5.74, 6) is 0.156. The van der Waals surface area contributed by atoms with Crippen LogP contribution in [0.4, 0.5) is 0 Å². The molecule has 2 rings (SSSR count). The van der Waals surface area contributed by atoms with Gasteiger partial charge in [-0.1, -0.05) is 53.5 Å². The van der Waals surface area contributed by atoms with Gasteiger partial charge in [-0.05, 0) is 42.2 Å². The summed E-state index contributed by atoms with van der Waals surface area (Å²) in [6.45, 7) is 2.06. The number of hydrogen-bond acceptors (Lipinski definition) is 1. The molecule has 0 radical (unpaired) electrons. The lowest BCUT2D eigenvalue weighted by Gasteiger charge is -2.07. The molecule has 0 aliphatic heterocycles. The Bertz CT molecular complexity index is 600. The van der Waals surface area contributed by atoms with E-state index in [1.165, 1.54) is 11.1 Å². The predicted octanol–water partition coefficient (Wildman–Crippen LogP) is 5.05. The molecule has 0 atom stereocenters. The summed E-state index contributed by atoms with van der Waals surface area (Å²) in [4.78, 5) is 12.1. The van der Waals surface area contributed by atoms with Crippen LogP contribution in [0, 0.1) is 6.92 Å². The number of aryl methyl sites for hydroxylation is 2. The van der Waals surface area contributed by atoms with E-state index in [2.05, 4.69) is 19.1 Å². The summed E-state index contributed by atoms with van der Waals surface area (Å²) in [5.41, 5.74) is 3.16. The van der Waals surface area contributed by atoms with Crippen molar-refractivity contribution in [1.82, 2.24) is 0 Å². The third kappa shape index (κ3) is 3.84. The smallest absolute Gasteiger partial charge is 0.137 e. The summed E-state index contributed by atoms with van der Waals surface area (Å²) >= 11 is 12.2. The van der Waals surface area contributed by atoms with E-state index in [4.69, 9.17) is 23.2 Å². The molecule has 0 aliphatic carbocycles. The van der Waals surface area contributed by atoms with Crippen LogP contribution in [0.3, 0.4) is 0 Å². The molecular formula is C17H16Cl2O. The molecule has 3 heteroatoms. The van der Waals surface area contributed by atoms with E-state index in [0.717, 1.165) is 12.0 Å². The van der Waals surface area contributed by atoms with Crippen LogP contribution in [0.5, 0.6) is 0 Å². The van der Waals surface area contributed by atoms with Crippen LogP contribution in [0.2, 0.25) is 10.0 Å². The summed E-state index contributed by atoms with van der Waals surface area (Å²) in [6, 6.07) is 13.4. The Balaban J connectivity index is 1.98. The van der Waals surface area contributed by atoms with Crippen molar-refractivity contribution in [2.45, 2.75) is 26.2 Å². The average molecular weight is 307 g/mol. The fourth-order valence-corrected chi connectivity index (χ4v) is 2.68. The van der Waals surface area contributed by atoms with Crippen molar-refractivity contribution in [2.75, 3.05) is 0 Å². The number of halogens is 2. The van der Waals surface area contributed by atoms with Gasteiger partial charge in [0.2, 0.25) is 0 Å². The van der Waals surface area contributed by atoms with Gasteiger partial charge in [0.05, 0.1) is 0 Å². The Kier molecular flexibility index (Phi) is 5.22. The van der Waals surface area contributed by atoms with E-state index in [-0.39, 0.29) is 5.78 Å². The molecule has 0 saturated carbocycles. The molecule has 0 N–H and O–H groups in total. The fraction of sp³-hybridized carbons (Fsp3) is 0.235. The first kappa shape index (κ1) is 15.1. The Morgan fingerprint density at radius 3 is 2.30 bits per heavy atom. The second-order valence-corrected chi connectivity index (χ2v) is 5.66. The Labute approximate surface area is 129 Å². The zero-order valence-electron chi connectivity index (χ0n) is 11.3. The van der Waals surface area contributed by atoms with Crippen LogP contribution < -0.4 is 0 Å². The SMILES string of the molecule is Cc1ccccc1CCC(=O)Cc1c(Cl)cccc1Cl. The number of Topliss-reactive ketones (excluding diaryl/α,β-unsaturated/α-hetero) is 1. The highest BCUT2D eigenvalue weighted by Crippen LogP contribution is 2.25. The number of rotatable bonds is 5. The molecule has 0 saturated heterocycles. The fourth-order valence-electron chi connectivity index (χ4n) is 2.15. The number of ketones is 1. The van der Waals surface area contributed by atoms with Crippen LogP contribution in [0.25, 0.3) is 0 Å². The first-order chi connectivity index (χ1) is 9.58. The zero-order valence-corrected chi connectivity index (χ0v) is 12.8. The lowest BCUT2D eigenvalue weighted by molar-refractivity contribution is -0.118. The van der Waals surface area contributed by atoms with Gasteiger partial charge < -0.3 is 0 Å². The number of benzene rings is 2. The molecule has 2 aromatic carbocycles. The molecule has 0 amide bonds. The normalized spacial score (nSPS) is 10.6.